The van der Waals surface area contributed by atoms with E-state index < -0.39 is 0 Å². The van der Waals surface area contributed by atoms with Gasteiger partial charge in [-0.2, -0.15) is 0 Å². The third kappa shape index (κ3) is 4.02. The van der Waals surface area contributed by atoms with E-state index in [2.05, 4.69) is 70.4 Å². The maximum atomic E-state index is 4.29. The van der Waals surface area contributed by atoms with Crippen LogP contribution in [0.2, 0.25) is 5.04 Å². The minimum absolute atomic E-state index is 0.333. The van der Waals surface area contributed by atoms with E-state index in [4.69, 9.17) is 0 Å². The van der Waals surface area contributed by atoms with Crippen LogP contribution < -0.4 is 5.19 Å². The summed E-state index contributed by atoms with van der Waals surface area (Å²) in [7, 11) is 0.813. The van der Waals surface area contributed by atoms with Gasteiger partial charge in [-0.3, -0.25) is 0 Å². The molecule has 0 aromatic heterocycles. The molecule has 18 heavy (non-hydrogen) atoms. The van der Waals surface area contributed by atoms with Crippen LogP contribution in [0.4, 0.5) is 0 Å². The van der Waals surface area contributed by atoms with Crippen LogP contribution in [0, 0.1) is 0 Å². The number of rotatable bonds is 5. The zero-order valence-electron chi connectivity index (χ0n) is 12.4. The van der Waals surface area contributed by atoms with Gasteiger partial charge in [0.15, 0.2) is 0 Å². The lowest BCUT2D eigenvalue weighted by Gasteiger charge is -2.27. The Kier molecular flexibility index (Phi) is 5.21. The predicted octanol–water partition coefficient (Wildman–Crippen LogP) is 3.55. The van der Waals surface area contributed by atoms with Crippen LogP contribution in [-0.2, 0) is 0 Å². The molecule has 2 heteroatoms. The maximum absolute atomic E-state index is 4.29. The molecule has 0 aliphatic rings. The van der Waals surface area contributed by atoms with Gasteiger partial charge in [-0.1, -0.05) is 56.8 Å². The van der Waals surface area contributed by atoms with Crippen LogP contribution in [0.1, 0.15) is 40.2 Å². The fourth-order valence-corrected chi connectivity index (χ4v) is 3.37. The molecule has 0 bridgehead atoms. The molecule has 0 atom stereocenters. The first-order valence-corrected chi connectivity index (χ1v) is 7.70. The summed E-state index contributed by atoms with van der Waals surface area (Å²) in [5, 5.41) is 1.77. The van der Waals surface area contributed by atoms with E-state index in [1.807, 2.05) is 0 Å². The van der Waals surface area contributed by atoms with E-state index in [9.17, 15) is 0 Å². The monoisotopic (exact) mass is 259 g/mol. The summed E-state index contributed by atoms with van der Waals surface area (Å²) < 4.78 is 0. The largest absolute Gasteiger partial charge is 0.372 e. The molecule has 0 aliphatic carbocycles. The summed E-state index contributed by atoms with van der Waals surface area (Å²) in [4.78, 5) is 2.33. The van der Waals surface area contributed by atoms with E-state index >= 15 is 0 Å². The molecule has 0 heterocycles. The Hall–Kier alpha value is -1.02. The molecule has 0 fully saturated rings. The van der Waals surface area contributed by atoms with Gasteiger partial charge in [0.2, 0.25) is 0 Å². The molecule has 2 radical (unpaired) electrons. The van der Waals surface area contributed by atoms with Crippen molar-refractivity contribution in [3.8, 4) is 0 Å². The van der Waals surface area contributed by atoms with Gasteiger partial charge in [0, 0.05) is 18.8 Å². The third-order valence-corrected chi connectivity index (χ3v) is 4.35. The second-order valence-electron chi connectivity index (χ2n) is 5.54. The molecule has 1 aromatic carbocycles. The van der Waals surface area contributed by atoms with Crippen molar-refractivity contribution in [1.82, 2.24) is 4.90 Å². The highest BCUT2D eigenvalue weighted by atomic mass is 28.2. The molecule has 0 aliphatic heterocycles. The van der Waals surface area contributed by atoms with Crippen molar-refractivity contribution in [2.45, 2.75) is 39.7 Å². The second kappa shape index (κ2) is 6.23. The lowest BCUT2D eigenvalue weighted by Crippen LogP contribution is -2.30. The standard InChI is InChI=1S/C16H25NSi/c1-7-17(8-2)13(3)14-11-9-10-12-15(14)18-16(4,5)6/h9-12H,3,7-8H2,1-2,4-6H3. The normalized spacial score (nSPS) is 11.4. The van der Waals surface area contributed by atoms with Crippen molar-refractivity contribution in [2.24, 2.45) is 0 Å². The molecular weight excluding hydrogens is 234 g/mol. The first kappa shape index (κ1) is 15.0. The molecule has 0 unspecified atom stereocenters. The average molecular weight is 259 g/mol. The molecule has 1 rings (SSSR count). The molecule has 0 N–H and O–H groups in total. The van der Waals surface area contributed by atoms with Gasteiger partial charge < -0.3 is 4.90 Å². The molecule has 0 amide bonds. The smallest absolute Gasteiger partial charge is 0.0877 e. The number of benzene rings is 1. The summed E-state index contributed by atoms with van der Waals surface area (Å²) in [6, 6.07) is 8.69. The minimum atomic E-state index is 0.333. The van der Waals surface area contributed by atoms with E-state index in [1.165, 1.54) is 10.8 Å². The fraction of sp³-hybridized carbons (Fsp3) is 0.500. The van der Waals surface area contributed by atoms with Crippen molar-refractivity contribution in [1.29, 1.82) is 0 Å². The molecular formula is C16H25NSi. The Morgan fingerprint density at radius 2 is 1.72 bits per heavy atom. The Morgan fingerprint density at radius 1 is 1.17 bits per heavy atom. The van der Waals surface area contributed by atoms with Gasteiger partial charge in [-0.05, 0) is 24.4 Å². The zero-order valence-corrected chi connectivity index (χ0v) is 13.4. The van der Waals surface area contributed by atoms with Crippen LogP contribution in [0.3, 0.4) is 0 Å². The van der Waals surface area contributed by atoms with Crippen LogP contribution in [0.5, 0.6) is 0 Å². The van der Waals surface area contributed by atoms with E-state index in [0.717, 1.165) is 28.3 Å². The fourth-order valence-electron chi connectivity index (χ4n) is 2.02. The van der Waals surface area contributed by atoms with Crippen molar-refractivity contribution in [3.05, 3.63) is 36.4 Å². The Bertz CT molecular complexity index is 400. The Labute approximate surface area is 115 Å². The summed E-state index contributed by atoms with van der Waals surface area (Å²) >= 11 is 0. The van der Waals surface area contributed by atoms with E-state index in [0.29, 0.717) is 5.04 Å². The Balaban J connectivity index is 3.05. The first-order chi connectivity index (χ1) is 8.39. The van der Waals surface area contributed by atoms with Gasteiger partial charge in [0.25, 0.3) is 0 Å². The van der Waals surface area contributed by atoms with Gasteiger partial charge in [-0.15, -0.1) is 0 Å². The summed E-state index contributed by atoms with van der Waals surface area (Å²) in [6.07, 6.45) is 0. The molecule has 0 spiro atoms. The minimum Gasteiger partial charge on any atom is -0.372 e. The summed E-state index contributed by atoms with van der Waals surface area (Å²) in [6.45, 7) is 17.6. The highest BCUT2D eigenvalue weighted by Crippen LogP contribution is 2.22. The molecule has 0 saturated carbocycles. The molecule has 1 nitrogen and oxygen atoms in total. The number of nitrogens with zero attached hydrogens (tertiary/aromatic N) is 1. The van der Waals surface area contributed by atoms with Crippen LogP contribution in [-0.4, -0.2) is 27.5 Å². The highest BCUT2D eigenvalue weighted by Gasteiger charge is 2.17. The lowest BCUT2D eigenvalue weighted by atomic mass is 10.1. The van der Waals surface area contributed by atoms with Gasteiger partial charge >= 0.3 is 0 Å². The van der Waals surface area contributed by atoms with E-state index in [1.54, 1.807) is 0 Å². The van der Waals surface area contributed by atoms with Crippen LogP contribution >= 0.6 is 0 Å². The van der Waals surface area contributed by atoms with Crippen molar-refractivity contribution < 1.29 is 0 Å². The quantitative estimate of drug-likeness (QED) is 0.731. The average Bonchev–Trinajstić information content (AvgIpc) is 2.29. The van der Waals surface area contributed by atoms with E-state index in [-0.39, 0.29) is 0 Å². The topological polar surface area (TPSA) is 3.24 Å². The molecule has 1 aromatic rings. The molecule has 0 saturated heterocycles. The second-order valence-corrected chi connectivity index (χ2v) is 7.83. The predicted molar refractivity (Wildman–Crippen MR) is 83.5 cm³/mol. The first-order valence-electron chi connectivity index (χ1n) is 6.70. The van der Waals surface area contributed by atoms with Crippen LogP contribution in [0.25, 0.3) is 5.70 Å². The summed E-state index contributed by atoms with van der Waals surface area (Å²) in [5.41, 5.74) is 2.47. The van der Waals surface area contributed by atoms with Gasteiger partial charge in [0.1, 0.15) is 0 Å². The Morgan fingerprint density at radius 3 is 2.22 bits per heavy atom. The van der Waals surface area contributed by atoms with Gasteiger partial charge in [-0.25, -0.2) is 0 Å². The maximum Gasteiger partial charge on any atom is 0.0877 e. The van der Waals surface area contributed by atoms with Crippen LogP contribution in [0.15, 0.2) is 30.8 Å². The molecule has 98 valence electrons. The number of hydrogen-bond donors (Lipinski definition) is 0. The lowest BCUT2D eigenvalue weighted by molar-refractivity contribution is 0.443. The highest BCUT2D eigenvalue weighted by molar-refractivity contribution is 6.57. The third-order valence-electron chi connectivity index (χ3n) is 2.89. The van der Waals surface area contributed by atoms with Crippen molar-refractivity contribution in [3.63, 3.8) is 0 Å². The van der Waals surface area contributed by atoms with Crippen molar-refractivity contribution >= 4 is 20.4 Å². The van der Waals surface area contributed by atoms with Gasteiger partial charge in [0.05, 0.1) is 9.52 Å². The SMILES string of the molecule is C=C(c1ccccc1[Si]C(C)(C)C)N(CC)CC. The number of hydrogen-bond acceptors (Lipinski definition) is 1. The zero-order chi connectivity index (χ0) is 13.8. The van der Waals surface area contributed by atoms with Crippen molar-refractivity contribution in [2.75, 3.05) is 13.1 Å². The summed E-state index contributed by atoms with van der Waals surface area (Å²) in [5.74, 6) is 0.